The van der Waals surface area contributed by atoms with Gasteiger partial charge in [0.25, 0.3) is 0 Å². The van der Waals surface area contributed by atoms with Crippen molar-refractivity contribution < 1.29 is 9.18 Å². The third-order valence-corrected chi connectivity index (χ3v) is 0.886. The van der Waals surface area contributed by atoms with Crippen LogP contribution in [0.3, 0.4) is 0 Å². The summed E-state index contributed by atoms with van der Waals surface area (Å²) in [7, 11) is 0. The molecule has 1 N–H and O–H groups in total. The van der Waals surface area contributed by atoms with Crippen LogP contribution in [0.5, 0.6) is 0 Å². The van der Waals surface area contributed by atoms with Gasteiger partial charge >= 0.3 is 0 Å². The van der Waals surface area contributed by atoms with Gasteiger partial charge in [0.15, 0.2) is 6.17 Å². The number of hydrogen-bond acceptors (Lipinski definition) is 1. The maximum Gasteiger partial charge on any atom is 0.216 e. The van der Waals surface area contributed by atoms with E-state index >= 15 is 0 Å². The fourth-order valence-electron chi connectivity index (χ4n) is 0.357. The first-order valence-corrected chi connectivity index (χ1v) is 2.84. The zero-order valence-electron chi connectivity index (χ0n) is 5.48. The molecule has 0 aromatic carbocycles. The summed E-state index contributed by atoms with van der Waals surface area (Å²) in [4.78, 5) is 10.2. The van der Waals surface area contributed by atoms with E-state index in [-0.39, 0.29) is 18.9 Å². The lowest BCUT2D eigenvalue weighted by Gasteiger charge is -2.00. The molecule has 0 unspecified atom stereocenters. The van der Waals surface area contributed by atoms with Crippen LogP contribution in [0.15, 0.2) is 0 Å². The van der Waals surface area contributed by atoms with Crippen LogP contribution in [0.4, 0.5) is 4.39 Å². The van der Waals surface area contributed by atoms with Crippen molar-refractivity contribution in [2.24, 2.45) is 0 Å². The summed E-state index contributed by atoms with van der Waals surface area (Å²) < 4.78 is 12.2. The Balaban J connectivity index is 3.16. The van der Waals surface area contributed by atoms with Gasteiger partial charge in [0.1, 0.15) is 6.42 Å². The standard InChI is InChI=1S/C6H10FNO/c1-3-6(7)4-8-5(2)9/h6H,1,3-4H2,2H3/p+1/t6-/m0/s1. The fourth-order valence-corrected chi connectivity index (χ4v) is 0.357. The van der Waals surface area contributed by atoms with Gasteiger partial charge in [-0.05, 0) is 0 Å². The maximum atomic E-state index is 12.2. The summed E-state index contributed by atoms with van der Waals surface area (Å²) in [6.45, 7) is 4.78. The number of carbonyl (C=O) groups is 1. The van der Waals surface area contributed by atoms with E-state index in [4.69, 9.17) is 0 Å². The molecule has 3 heteroatoms. The molecule has 52 valence electrons. The molecule has 0 aliphatic carbocycles. The maximum absolute atomic E-state index is 12.2. The molecule has 0 aliphatic heterocycles. The van der Waals surface area contributed by atoms with Gasteiger partial charge < -0.3 is 5.32 Å². The number of nitrogens with one attached hydrogen (secondary N) is 1. The van der Waals surface area contributed by atoms with E-state index in [9.17, 15) is 9.18 Å². The van der Waals surface area contributed by atoms with Crippen molar-refractivity contribution in [1.82, 2.24) is 5.32 Å². The Morgan fingerprint density at radius 1 is 1.89 bits per heavy atom. The molecule has 0 aliphatic rings. The molecular weight excluding hydrogens is 121 g/mol. The topological polar surface area (TPSA) is 29.1 Å². The first kappa shape index (κ1) is 8.27. The average molecular weight is 132 g/mol. The molecule has 0 saturated heterocycles. The highest BCUT2D eigenvalue weighted by molar-refractivity contribution is 5.72. The fraction of sp³-hybridized carbons (Fsp3) is 0.667. The van der Waals surface area contributed by atoms with E-state index < -0.39 is 6.17 Å². The molecule has 0 radical (unpaired) electrons. The summed E-state index contributed by atoms with van der Waals surface area (Å²) in [6, 6.07) is 0. The molecular formula is C6H11FNO+. The van der Waals surface area contributed by atoms with Crippen molar-refractivity contribution in [2.75, 3.05) is 6.54 Å². The highest BCUT2D eigenvalue weighted by Crippen LogP contribution is 1.92. The molecule has 1 atom stereocenters. The van der Waals surface area contributed by atoms with Gasteiger partial charge in [0.2, 0.25) is 5.91 Å². The first-order chi connectivity index (χ1) is 4.16. The third-order valence-electron chi connectivity index (χ3n) is 0.886. The minimum Gasteiger partial charge on any atom is -0.353 e. The molecule has 0 spiro atoms. The number of rotatable bonds is 3. The lowest BCUT2D eigenvalue weighted by atomic mass is 10.3. The van der Waals surface area contributed by atoms with E-state index in [0.29, 0.717) is 0 Å². The average Bonchev–Trinajstić information content (AvgIpc) is 1.83. The van der Waals surface area contributed by atoms with Crippen LogP contribution < -0.4 is 5.32 Å². The molecule has 2 nitrogen and oxygen atoms in total. The smallest absolute Gasteiger partial charge is 0.216 e. The molecule has 0 bridgehead atoms. The van der Waals surface area contributed by atoms with Crippen LogP contribution in [0.2, 0.25) is 0 Å². The molecule has 0 aromatic heterocycles. The second-order valence-corrected chi connectivity index (χ2v) is 1.82. The van der Waals surface area contributed by atoms with E-state index in [1.807, 2.05) is 0 Å². The van der Waals surface area contributed by atoms with Crippen LogP contribution in [0.25, 0.3) is 0 Å². The number of amides is 1. The highest BCUT2D eigenvalue weighted by atomic mass is 19.1. The lowest BCUT2D eigenvalue weighted by Crippen LogP contribution is -2.27. The predicted octanol–water partition coefficient (Wildman–Crippen LogP) is 0.685. The molecule has 0 aromatic rings. The van der Waals surface area contributed by atoms with Crippen molar-refractivity contribution in [3.63, 3.8) is 0 Å². The summed E-state index contributed by atoms with van der Waals surface area (Å²) in [6.07, 6.45) is -0.797. The van der Waals surface area contributed by atoms with Crippen LogP contribution in [0, 0.1) is 6.92 Å². The minimum absolute atomic E-state index is 0.0822. The van der Waals surface area contributed by atoms with Crippen LogP contribution in [0.1, 0.15) is 13.3 Å². The summed E-state index contributed by atoms with van der Waals surface area (Å²) in [5, 5.41) is 2.34. The van der Waals surface area contributed by atoms with Gasteiger partial charge in [-0.25, -0.2) is 4.39 Å². The third kappa shape index (κ3) is 5.14. The molecule has 1 amide bonds. The van der Waals surface area contributed by atoms with Gasteiger partial charge in [-0.2, -0.15) is 0 Å². The predicted molar refractivity (Wildman–Crippen MR) is 33.6 cm³/mol. The largest absolute Gasteiger partial charge is 0.353 e. The Labute approximate surface area is 54.4 Å². The van der Waals surface area contributed by atoms with Gasteiger partial charge in [-0.3, -0.25) is 4.79 Å². The van der Waals surface area contributed by atoms with E-state index in [1.54, 1.807) is 0 Å². The zero-order valence-corrected chi connectivity index (χ0v) is 5.48. The van der Waals surface area contributed by atoms with Gasteiger partial charge in [-0.1, -0.05) is 0 Å². The van der Waals surface area contributed by atoms with Crippen LogP contribution >= 0.6 is 0 Å². The van der Waals surface area contributed by atoms with Gasteiger partial charge in [0, 0.05) is 6.92 Å². The van der Waals surface area contributed by atoms with Crippen molar-refractivity contribution in [3.8, 4) is 0 Å². The highest BCUT2D eigenvalue weighted by Gasteiger charge is 2.05. The normalized spacial score (nSPS) is 12.7. The second kappa shape index (κ2) is 4.18. The summed E-state index contributed by atoms with van der Waals surface area (Å²) >= 11 is 0. The first-order valence-electron chi connectivity index (χ1n) is 2.84. The monoisotopic (exact) mass is 132 g/mol. The summed E-state index contributed by atoms with van der Waals surface area (Å²) in [5.41, 5.74) is 0. The van der Waals surface area contributed by atoms with Crippen molar-refractivity contribution >= 4 is 5.91 Å². The Morgan fingerprint density at radius 3 is 2.78 bits per heavy atom. The minimum atomic E-state index is -1.01. The van der Waals surface area contributed by atoms with E-state index in [0.717, 1.165) is 0 Å². The van der Waals surface area contributed by atoms with Crippen LogP contribution in [-0.2, 0) is 4.79 Å². The van der Waals surface area contributed by atoms with Crippen molar-refractivity contribution in [3.05, 3.63) is 6.92 Å². The number of hydrogen-bond donors (Lipinski definition) is 1. The SMILES string of the molecule is [CH2+]C[C@H](F)CNC(C)=O. The number of alkyl halides is 1. The van der Waals surface area contributed by atoms with Crippen molar-refractivity contribution in [2.45, 2.75) is 19.5 Å². The summed E-state index contributed by atoms with van der Waals surface area (Å²) in [5.74, 6) is -0.203. The Bertz CT molecular complexity index is 95.1. The van der Waals surface area contributed by atoms with Gasteiger partial charge in [-0.15, -0.1) is 0 Å². The molecule has 9 heavy (non-hydrogen) atoms. The van der Waals surface area contributed by atoms with E-state index in [1.165, 1.54) is 6.92 Å². The second-order valence-electron chi connectivity index (χ2n) is 1.82. The molecule has 0 rings (SSSR count). The number of carbonyl (C=O) groups excluding carboxylic acids is 1. The number of halogens is 1. The Kier molecular flexibility index (Phi) is 3.84. The van der Waals surface area contributed by atoms with Crippen molar-refractivity contribution in [1.29, 1.82) is 0 Å². The molecule has 0 saturated carbocycles. The van der Waals surface area contributed by atoms with Crippen LogP contribution in [-0.4, -0.2) is 18.6 Å². The van der Waals surface area contributed by atoms with E-state index in [2.05, 4.69) is 12.2 Å². The molecule has 0 heterocycles. The zero-order chi connectivity index (χ0) is 7.28. The Morgan fingerprint density at radius 2 is 2.44 bits per heavy atom. The van der Waals surface area contributed by atoms with Gasteiger partial charge in [0.05, 0.1) is 13.5 Å². The lowest BCUT2D eigenvalue weighted by molar-refractivity contribution is -0.119. The quantitative estimate of drug-likeness (QED) is 0.562. The molecule has 0 fully saturated rings. The Hall–Kier alpha value is -0.730.